The Morgan fingerprint density at radius 1 is 1.62 bits per heavy atom. The highest BCUT2D eigenvalue weighted by Gasteiger charge is 2.49. The Bertz CT molecular complexity index is 280. The Morgan fingerprint density at radius 3 is 2.38 bits per heavy atom. The maximum atomic E-state index is 11.5. The predicted octanol–water partition coefficient (Wildman–Crippen LogP) is 1.15. The first-order valence-electron chi connectivity index (χ1n) is 4.42. The van der Waals surface area contributed by atoms with Crippen molar-refractivity contribution in [3.05, 3.63) is 0 Å². The minimum atomic E-state index is -3.39. The van der Waals surface area contributed by atoms with Crippen molar-refractivity contribution in [3.8, 4) is 0 Å². The van der Waals surface area contributed by atoms with E-state index in [4.69, 9.17) is 11.6 Å². The molecule has 1 rings (SSSR count). The molecule has 0 amide bonds. The van der Waals surface area contributed by atoms with Crippen molar-refractivity contribution in [3.63, 3.8) is 0 Å². The Balaban J connectivity index is 2.85. The van der Waals surface area contributed by atoms with Gasteiger partial charge in [-0.15, -0.1) is 0 Å². The second-order valence-corrected chi connectivity index (χ2v) is 7.34. The molecule has 0 bridgehead atoms. The van der Waals surface area contributed by atoms with Crippen LogP contribution >= 0.6 is 11.6 Å². The fraction of sp³-hybridized carbons (Fsp3) is 1.00. The molecule has 5 heteroatoms. The maximum absolute atomic E-state index is 11.5. The highest BCUT2D eigenvalue weighted by molar-refractivity contribution is 7.94. The minimum absolute atomic E-state index is 0.0310. The van der Waals surface area contributed by atoms with E-state index in [0.717, 1.165) is 12.8 Å². The van der Waals surface area contributed by atoms with Crippen molar-refractivity contribution in [2.24, 2.45) is 5.92 Å². The number of rotatable bonds is 4. The van der Waals surface area contributed by atoms with Crippen LogP contribution in [-0.2, 0) is 9.84 Å². The van der Waals surface area contributed by atoms with Gasteiger partial charge in [0.2, 0.25) is 0 Å². The summed E-state index contributed by atoms with van der Waals surface area (Å²) < 4.78 is 21.5. The third-order valence-corrected chi connectivity index (χ3v) is 5.73. The van der Waals surface area contributed by atoms with Crippen LogP contribution < -0.4 is 0 Å². The van der Waals surface area contributed by atoms with E-state index < -0.39 is 20.1 Å². The SMILES string of the molecule is CCS(=O)(=O)[C@](C)(Cl)[C@@H](O)C1CC1. The van der Waals surface area contributed by atoms with E-state index >= 15 is 0 Å². The average molecular weight is 227 g/mol. The molecule has 0 aromatic carbocycles. The van der Waals surface area contributed by atoms with Gasteiger partial charge in [-0.05, 0) is 25.7 Å². The Morgan fingerprint density at radius 2 is 2.08 bits per heavy atom. The maximum Gasteiger partial charge on any atom is 0.171 e. The molecule has 0 radical (unpaired) electrons. The van der Waals surface area contributed by atoms with Crippen LogP contribution in [0.5, 0.6) is 0 Å². The lowest BCUT2D eigenvalue weighted by atomic mass is 10.2. The molecule has 0 unspecified atom stereocenters. The summed E-state index contributed by atoms with van der Waals surface area (Å²) in [6.07, 6.45) is 0.824. The van der Waals surface area contributed by atoms with E-state index in [0.29, 0.717) is 0 Å². The Hall–Kier alpha value is 0.200. The van der Waals surface area contributed by atoms with Crippen LogP contribution in [0.2, 0.25) is 0 Å². The van der Waals surface area contributed by atoms with Crippen LogP contribution in [-0.4, -0.2) is 29.6 Å². The van der Waals surface area contributed by atoms with Gasteiger partial charge >= 0.3 is 0 Å². The van der Waals surface area contributed by atoms with E-state index in [1.807, 2.05) is 0 Å². The molecule has 1 N–H and O–H groups in total. The highest BCUT2D eigenvalue weighted by atomic mass is 35.5. The molecule has 1 saturated carbocycles. The fourth-order valence-corrected chi connectivity index (χ4v) is 2.93. The number of halogens is 1. The second-order valence-electron chi connectivity index (χ2n) is 3.67. The summed E-state index contributed by atoms with van der Waals surface area (Å²) in [5.41, 5.74) is 0. The summed E-state index contributed by atoms with van der Waals surface area (Å²) in [4.78, 5) is 0. The van der Waals surface area contributed by atoms with Crippen molar-refractivity contribution < 1.29 is 13.5 Å². The first-order valence-corrected chi connectivity index (χ1v) is 6.45. The van der Waals surface area contributed by atoms with E-state index in [-0.39, 0.29) is 11.7 Å². The van der Waals surface area contributed by atoms with Crippen LogP contribution in [0.4, 0.5) is 0 Å². The highest BCUT2D eigenvalue weighted by Crippen LogP contribution is 2.42. The smallest absolute Gasteiger partial charge is 0.171 e. The summed E-state index contributed by atoms with van der Waals surface area (Å²) in [7, 11) is -3.39. The van der Waals surface area contributed by atoms with E-state index in [9.17, 15) is 13.5 Å². The molecule has 0 aliphatic heterocycles. The quantitative estimate of drug-likeness (QED) is 0.732. The summed E-state index contributed by atoms with van der Waals surface area (Å²) >= 11 is 5.88. The number of aliphatic hydroxyl groups is 1. The van der Waals surface area contributed by atoms with Gasteiger partial charge < -0.3 is 5.11 Å². The molecule has 0 heterocycles. The zero-order chi connectivity index (χ0) is 10.3. The molecule has 1 fully saturated rings. The third kappa shape index (κ3) is 2.00. The first-order chi connectivity index (χ1) is 5.83. The normalized spacial score (nSPS) is 25.2. The monoisotopic (exact) mass is 226 g/mol. The molecule has 0 saturated heterocycles. The molecule has 13 heavy (non-hydrogen) atoms. The first kappa shape index (κ1) is 11.3. The third-order valence-electron chi connectivity index (χ3n) is 2.58. The van der Waals surface area contributed by atoms with Crippen molar-refractivity contribution in [2.45, 2.75) is 37.0 Å². The molecule has 0 aromatic rings. The number of alkyl halides is 1. The summed E-state index contributed by atoms with van der Waals surface area (Å²) in [6, 6.07) is 0. The standard InChI is InChI=1S/C8H15ClO3S/c1-3-13(11,12)8(2,9)7(10)6-4-5-6/h6-7,10H,3-5H2,1-2H3/t7-,8-/m0/s1. The molecule has 3 nitrogen and oxygen atoms in total. The molecule has 1 aliphatic carbocycles. The zero-order valence-corrected chi connectivity index (χ0v) is 9.40. The van der Waals surface area contributed by atoms with E-state index in [1.54, 1.807) is 0 Å². The number of sulfone groups is 1. The van der Waals surface area contributed by atoms with Gasteiger partial charge in [0.25, 0.3) is 0 Å². The topological polar surface area (TPSA) is 54.4 Å². The van der Waals surface area contributed by atoms with Gasteiger partial charge in [0.1, 0.15) is 0 Å². The fourth-order valence-electron chi connectivity index (χ4n) is 1.30. The lowest BCUT2D eigenvalue weighted by molar-refractivity contribution is 0.137. The van der Waals surface area contributed by atoms with Crippen molar-refractivity contribution in [2.75, 3.05) is 5.75 Å². The van der Waals surface area contributed by atoms with Gasteiger partial charge in [-0.25, -0.2) is 8.42 Å². The molecule has 2 atom stereocenters. The minimum Gasteiger partial charge on any atom is -0.390 e. The summed E-state index contributed by atoms with van der Waals surface area (Å²) in [5.74, 6) is 0.0420. The Kier molecular flexibility index (Phi) is 2.95. The molecular weight excluding hydrogens is 212 g/mol. The average Bonchev–Trinajstić information content (AvgIpc) is 2.85. The second kappa shape index (κ2) is 3.41. The van der Waals surface area contributed by atoms with Gasteiger partial charge in [-0.1, -0.05) is 18.5 Å². The van der Waals surface area contributed by atoms with E-state index in [1.165, 1.54) is 13.8 Å². The van der Waals surface area contributed by atoms with Gasteiger partial charge in [-0.2, -0.15) is 0 Å². The van der Waals surface area contributed by atoms with Crippen LogP contribution in [0.25, 0.3) is 0 Å². The van der Waals surface area contributed by atoms with Crippen LogP contribution in [0.3, 0.4) is 0 Å². The lowest BCUT2D eigenvalue weighted by Gasteiger charge is -2.27. The molecule has 0 spiro atoms. The van der Waals surface area contributed by atoms with E-state index in [2.05, 4.69) is 0 Å². The lowest BCUT2D eigenvalue weighted by Crippen LogP contribution is -2.43. The summed E-state index contributed by atoms with van der Waals surface area (Å²) in [6.45, 7) is 2.92. The molecule has 0 aromatic heterocycles. The molecule has 78 valence electrons. The van der Waals surface area contributed by atoms with Gasteiger partial charge in [0.15, 0.2) is 14.0 Å². The molecule has 1 aliphatic rings. The van der Waals surface area contributed by atoms with Crippen LogP contribution in [0.1, 0.15) is 26.7 Å². The number of hydrogen-bond donors (Lipinski definition) is 1. The summed E-state index contributed by atoms with van der Waals surface area (Å²) in [5, 5.41) is 9.67. The van der Waals surface area contributed by atoms with Crippen molar-refractivity contribution in [1.29, 1.82) is 0 Å². The van der Waals surface area contributed by atoms with Crippen molar-refractivity contribution in [1.82, 2.24) is 0 Å². The van der Waals surface area contributed by atoms with Crippen LogP contribution in [0.15, 0.2) is 0 Å². The molecular formula is C8H15ClO3S. The number of hydrogen-bond acceptors (Lipinski definition) is 3. The number of aliphatic hydroxyl groups excluding tert-OH is 1. The largest absolute Gasteiger partial charge is 0.390 e. The van der Waals surface area contributed by atoms with Gasteiger partial charge in [0, 0.05) is 5.75 Å². The van der Waals surface area contributed by atoms with Gasteiger partial charge in [-0.3, -0.25) is 0 Å². The van der Waals surface area contributed by atoms with Gasteiger partial charge in [0.05, 0.1) is 6.10 Å². The zero-order valence-electron chi connectivity index (χ0n) is 7.83. The Labute approximate surface area is 84.0 Å². The van der Waals surface area contributed by atoms with Crippen molar-refractivity contribution >= 4 is 21.4 Å². The van der Waals surface area contributed by atoms with Crippen LogP contribution in [0, 0.1) is 5.92 Å². The predicted molar refractivity (Wildman–Crippen MR) is 52.4 cm³/mol.